The third-order valence-corrected chi connectivity index (χ3v) is 8.53. The summed E-state index contributed by atoms with van der Waals surface area (Å²) in [4.78, 5) is 0.390. The molecule has 28 heavy (non-hydrogen) atoms. The topological polar surface area (TPSA) is 68.1 Å². The van der Waals surface area contributed by atoms with Gasteiger partial charge >= 0.3 is 0 Å². The first-order valence-electron chi connectivity index (χ1n) is 10.3. The molecule has 2 heterocycles. The zero-order valence-electron chi connectivity index (χ0n) is 17.0. The number of sulfonamides is 1. The zero-order chi connectivity index (χ0) is 19.9. The molecule has 2 fully saturated rings. The molecule has 1 aliphatic carbocycles. The van der Waals surface area contributed by atoms with Gasteiger partial charge in [-0.3, -0.25) is 0 Å². The van der Waals surface area contributed by atoms with Gasteiger partial charge in [-0.05, 0) is 41.9 Å². The Morgan fingerprint density at radius 2 is 1.79 bits per heavy atom. The van der Waals surface area contributed by atoms with Gasteiger partial charge in [-0.2, -0.15) is 4.31 Å². The van der Waals surface area contributed by atoms with Crippen molar-refractivity contribution in [2.75, 3.05) is 13.1 Å². The summed E-state index contributed by atoms with van der Waals surface area (Å²) in [5, 5.41) is 8.42. The number of aryl methyl sites for hydroxylation is 1. The number of hydrogen-bond acceptors (Lipinski definition) is 4. The average molecular weight is 403 g/mol. The van der Waals surface area contributed by atoms with E-state index < -0.39 is 10.0 Å². The van der Waals surface area contributed by atoms with E-state index in [0.717, 1.165) is 37.1 Å². The fourth-order valence-electron chi connectivity index (χ4n) is 5.01. The summed E-state index contributed by atoms with van der Waals surface area (Å²) in [5.41, 5.74) is 1.13. The van der Waals surface area contributed by atoms with Gasteiger partial charge in [0.1, 0.15) is 12.2 Å². The summed E-state index contributed by atoms with van der Waals surface area (Å²) >= 11 is 0. The summed E-state index contributed by atoms with van der Waals surface area (Å²) in [6.07, 6.45) is 7.38. The Labute approximate surface area is 168 Å². The summed E-state index contributed by atoms with van der Waals surface area (Å²) in [5.74, 6) is 1.40. The second-order valence-corrected chi connectivity index (χ2v) is 10.7. The van der Waals surface area contributed by atoms with Gasteiger partial charge < -0.3 is 4.57 Å². The Bertz CT molecular complexity index is 928. The summed E-state index contributed by atoms with van der Waals surface area (Å²) in [6.45, 7) is 5.30. The van der Waals surface area contributed by atoms with Crippen molar-refractivity contribution in [3.05, 3.63) is 42.0 Å². The molecule has 152 valence electrons. The Hall–Kier alpha value is -1.73. The highest BCUT2D eigenvalue weighted by Gasteiger charge is 2.52. The van der Waals surface area contributed by atoms with Crippen molar-refractivity contribution in [1.29, 1.82) is 0 Å². The van der Waals surface area contributed by atoms with Crippen LogP contribution in [0.25, 0.3) is 0 Å². The quantitative estimate of drug-likeness (QED) is 0.782. The molecular weight excluding hydrogens is 372 g/mol. The van der Waals surface area contributed by atoms with E-state index in [1.54, 1.807) is 22.8 Å². The van der Waals surface area contributed by atoms with Crippen LogP contribution < -0.4 is 0 Å². The Morgan fingerprint density at radius 1 is 1.11 bits per heavy atom. The van der Waals surface area contributed by atoms with Crippen LogP contribution >= 0.6 is 0 Å². The molecule has 1 aromatic carbocycles. The number of nitrogens with zero attached hydrogens (tertiary/aromatic N) is 4. The molecule has 0 N–H and O–H groups in total. The molecule has 1 aliphatic heterocycles. The third kappa shape index (κ3) is 3.28. The molecular formula is C21H30N4O2S. The van der Waals surface area contributed by atoms with Crippen molar-refractivity contribution in [2.24, 2.45) is 12.5 Å². The lowest BCUT2D eigenvalue weighted by Gasteiger charge is -2.37. The highest BCUT2D eigenvalue weighted by Crippen LogP contribution is 2.52. The van der Waals surface area contributed by atoms with Crippen molar-refractivity contribution in [2.45, 2.75) is 62.7 Å². The van der Waals surface area contributed by atoms with Gasteiger partial charge in [0.05, 0.1) is 4.90 Å². The van der Waals surface area contributed by atoms with E-state index in [4.69, 9.17) is 0 Å². The predicted octanol–water partition coefficient (Wildman–Crippen LogP) is 3.68. The lowest BCUT2D eigenvalue weighted by Crippen LogP contribution is -2.34. The fourth-order valence-corrected chi connectivity index (χ4v) is 6.56. The highest BCUT2D eigenvalue weighted by atomic mass is 32.2. The molecule has 1 unspecified atom stereocenters. The number of benzene rings is 1. The maximum Gasteiger partial charge on any atom is 0.243 e. The zero-order valence-corrected chi connectivity index (χ0v) is 17.8. The summed E-state index contributed by atoms with van der Waals surface area (Å²) in [6, 6.07) is 7.38. The van der Waals surface area contributed by atoms with Crippen molar-refractivity contribution >= 4 is 10.0 Å². The van der Waals surface area contributed by atoms with Crippen molar-refractivity contribution < 1.29 is 8.42 Å². The molecule has 6 nitrogen and oxygen atoms in total. The van der Waals surface area contributed by atoms with E-state index in [2.05, 4.69) is 24.0 Å². The predicted molar refractivity (Wildman–Crippen MR) is 109 cm³/mol. The maximum absolute atomic E-state index is 13.4. The van der Waals surface area contributed by atoms with E-state index in [1.165, 1.54) is 6.42 Å². The molecule has 1 saturated carbocycles. The normalized spacial score (nSPS) is 22.9. The molecule has 1 spiro atoms. The minimum absolute atomic E-state index is 0.0238. The van der Waals surface area contributed by atoms with Gasteiger partial charge in [0, 0.05) is 26.1 Å². The van der Waals surface area contributed by atoms with Gasteiger partial charge in [-0.15, -0.1) is 10.2 Å². The summed E-state index contributed by atoms with van der Waals surface area (Å²) in [7, 11) is -1.57. The number of aromatic nitrogens is 3. The molecule has 4 rings (SSSR count). The first-order valence-corrected chi connectivity index (χ1v) is 11.7. The first-order chi connectivity index (χ1) is 13.3. The minimum Gasteiger partial charge on any atom is -0.320 e. The van der Waals surface area contributed by atoms with Crippen LogP contribution in [0.15, 0.2) is 35.5 Å². The van der Waals surface area contributed by atoms with Crippen LogP contribution in [-0.4, -0.2) is 40.6 Å². The Balaban J connectivity index is 1.67. The lowest BCUT2D eigenvalue weighted by atomic mass is 9.67. The standard InChI is InChI=1S/C21H30N4O2S/c1-16(2)17-7-9-18(10-8-17)28(26,27)25-13-19(20-23-22-15-24(20)3)21(14-25)11-5-4-6-12-21/h7-10,15-16,19H,4-6,11-14H2,1-3H3. The SMILES string of the molecule is CC(C)c1ccc(S(=O)(=O)N2CC(c3nncn3C)C3(CCCCC3)C2)cc1. The van der Waals surface area contributed by atoms with E-state index in [9.17, 15) is 8.42 Å². The maximum atomic E-state index is 13.4. The van der Waals surface area contributed by atoms with E-state index in [0.29, 0.717) is 23.9 Å². The van der Waals surface area contributed by atoms with Crippen LogP contribution in [-0.2, 0) is 17.1 Å². The molecule has 1 atom stereocenters. The van der Waals surface area contributed by atoms with Crippen molar-refractivity contribution in [3.8, 4) is 0 Å². The van der Waals surface area contributed by atoms with Gasteiger partial charge in [0.2, 0.25) is 10.0 Å². The number of hydrogen-bond donors (Lipinski definition) is 0. The van der Waals surface area contributed by atoms with Crippen LogP contribution in [0.3, 0.4) is 0 Å². The molecule has 0 bridgehead atoms. The van der Waals surface area contributed by atoms with Gasteiger partial charge in [0.15, 0.2) is 0 Å². The van der Waals surface area contributed by atoms with E-state index in [-0.39, 0.29) is 11.3 Å². The minimum atomic E-state index is -3.52. The van der Waals surface area contributed by atoms with Crippen LogP contribution in [0.5, 0.6) is 0 Å². The van der Waals surface area contributed by atoms with Gasteiger partial charge in [-0.1, -0.05) is 45.2 Å². The smallest absolute Gasteiger partial charge is 0.243 e. The molecule has 1 aromatic heterocycles. The molecule has 2 aromatic rings. The van der Waals surface area contributed by atoms with Crippen molar-refractivity contribution in [3.63, 3.8) is 0 Å². The lowest BCUT2D eigenvalue weighted by molar-refractivity contribution is 0.177. The van der Waals surface area contributed by atoms with Crippen molar-refractivity contribution in [1.82, 2.24) is 19.1 Å². The second kappa shape index (κ2) is 7.26. The van der Waals surface area contributed by atoms with Crippen LogP contribution in [0.1, 0.15) is 69.2 Å². The van der Waals surface area contributed by atoms with Crippen LogP contribution in [0.2, 0.25) is 0 Å². The van der Waals surface area contributed by atoms with Crippen LogP contribution in [0.4, 0.5) is 0 Å². The van der Waals surface area contributed by atoms with Gasteiger partial charge in [0.25, 0.3) is 0 Å². The fraction of sp³-hybridized carbons (Fsp3) is 0.619. The molecule has 2 aliphatic rings. The van der Waals surface area contributed by atoms with E-state index >= 15 is 0 Å². The monoisotopic (exact) mass is 402 g/mol. The second-order valence-electron chi connectivity index (χ2n) is 8.80. The molecule has 1 saturated heterocycles. The molecule has 7 heteroatoms. The Kier molecular flexibility index (Phi) is 5.08. The largest absolute Gasteiger partial charge is 0.320 e. The summed E-state index contributed by atoms with van der Waals surface area (Å²) < 4.78 is 30.5. The average Bonchev–Trinajstić information content (AvgIpc) is 3.26. The highest BCUT2D eigenvalue weighted by molar-refractivity contribution is 7.89. The number of rotatable bonds is 4. The Morgan fingerprint density at radius 3 is 2.36 bits per heavy atom. The first kappa shape index (κ1) is 19.6. The third-order valence-electron chi connectivity index (χ3n) is 6.71. The molecule has 0 radical (unpaired) electrons. The van der Waals surface area contributed by atoms with Gasteiger partial charge in [-0.25, -0.2) is 8.42 Å². The van der Waals surface area contributed by atoms with E-state index in [1.807, 2.05) is 23.7 Å². The molecule has 0 amide bonds. The van der Waals surface area contributed by atoms with Crippen LogP contribution in [0, 0.1) is 5.41 Å².